The van der Waals surface area contributed by atoms with Gasteiger partial charge in [-0.25, -0.2) is 0 Å². The Kier molecular flexibility index (Phi) is 5.19. The van der Waals surface area contributed by atoms with E-state index in [2.05, 4.69) is 12.1 Å². The molecule has 0 amide bonds. The Morgan fingerprint density at radius 1 is 1.33 bits per heavy atom. The Labute approximate surface area is 95.9 Å². The fraction of sp³-hybridized carbons (Fsp3) is 0.417. The Morgan fingerprint density at radius 2 is 2.00 bits per heavy atom. The summed E-state index contributed by atoms with van der Waals surface area (Å²) in [6.45, 7) is 4.73. The first kappa shape index (κ1) is 12.1. The molecule has 82 valence electrons. The largest absolute Gasteiger partial charge is 0.396 e. The number of oxime groups is 1. The number of unbranched alkanes of at least 4 members (excludes halogenated alkanes) is 1. The summed E-state index contributed by atoms with van der Waals surface area (Å²) in [6.07, 6.45) is 2.16. The average Bonchev–Trinajstić information content (AvgIpc) is 2.25. The van der Waals surface area contributed by atoms with E-state index in [0.29, 0.717) is 6.61 Å². The minimum Gasteiger partial charge on any atom is -0.396 e. The van der Waals surface area contributed by atoms with Gasteiger partial charge < -0.3 is 4.84 Å². The van der Waals surface area contributed by atoms with E-state index < -0.39 is 0 Å². The van der Waals surface area contributed by atoms with Gasteiger partial charge in [-0.2, -0.15) is 0 Å². The van der Waals surface area contributed by atoms with Crippen LogP contribution in [0.15, 0.2) is 29.4 Å². The number of hydrogen-bond donors (Lipinski definition) is 0. The Morgan fingerprint density at radius 3 is 2.60 bits per heavy atom. The van der Waals surface area contributed by atoms with Gasteiger partial charge in [0.05, 0.1) is 5.71 Å². The molecule has 0 saturated carbocycles. The van der Waals surface area contributed by atoms with E-state index >= 15 is 0 Å². The molecule has 1 rings (SSSR count). The third kappa shape index (κ3) is 4.34. The van der Waals surface area contributed by atoms with Crippen molar-refractivity contribution in [2.24, 2.45) is 5.16 Å². The van der Waals surface area contributed by atoms with Crippen molar-refractivity contribution in [2.45, 2.75) is 26.7 Å². The highest BCUT2D eigenvalue weighted by molar-refractivity contribution is 6.30. The van der Waals surface area contributed by atoms with Crippen molar-refractivity contribution in [3.63, 3.8) is 0 Å². The number of benzene rings is 1. The van der Waals surface area contributed by atoms with Crippen molar-refractivity contribution in [3.05, 3.63) is 34.9 Å². The third-order valence-corrected chi connectivity index (χ3v) is 2.30. The van der Waals surface area contributed by atoms with Crippen LogP contribution in [0.3, 0.4) is 0 Å². The summed E-state index contributed by atoms with van der Waals surface area (Å²) >= 11 is 5.79. The van der Waals surface area contributed by atoms with Crippen LogP contribution >= 0.6 is 11.6 Å². The third-order valence-electron chi connectivity index (χ3n) is 2.05. The summed E-state index contributed by atoms with van der Waals surface area (Å²) in [7, 11) is 0. The molecular formula is C12H16ClNO. The first-order chi connectivity index (χ1) is 7.24. The van der Waals surface area contributed by atoms with E-state index in [1.54, 1.807) is 0 Å². The van der Waals surface area contributed by atoms with Crippen molar-refractivity contribution in [3.8, 4) is 0 Å². The van der Waals surface area contributed by atoms with E-state index in [1.165, 1.54) is 0 Å². The highest BCUT2D eigenvalue weighted by Crippen LogP contribution is 2.10. The lowest BCUT2D eigenvalue weighted by atomic mass is 10.1. The second kappa shape index (κ2) is 6.46. The van der Waals surface area contributed by atoms with E-state index in [-0.39, 0.29) is 0 Å². The smallest absolute Gasteiger partial charge is 0.117 e. The minimum atomic E-state index is 0.682. The number of nitrogens with zero attached hydrogens (tertiary/aromatic N) is 1. The molecule has 0 fully saturated rings. The topological polar surface area (TPSA) is 21.6 Å². The van der Waals surface area contributed by atoms with Crippen LogP contribution < -0.4 is 0 Å². The molecule has 0 saturated heterocycles. The van der Waals surface area contributed by atoms with Gasteiger partial charge in [0.25, 0.3) is 0 Å². The van der Waals surface area contributed by atoms with Gasteiger partial charge in [0.2, 0.25) is 0 Å². The molecule has 0 heterocycles. The SMILES string of the molecule is CCCCO/N=C(\C)c1ccc(Cl)cc1. The van der Waals surface area contributed by atoms with Crippen LogP contribution in [0.5, 0.6) is 0 Å². The summed E-state index contributed by atoms with van der Waals surface area (Å²) < 4.78 is 0. The lowest BCUT2D eigenvalue weighted by Gasteiger charge is -2.01. The Hall–Kier alpha value is -1.02. The minimum absolute atomic E-state index is 0.682. The molecule has 2 nitrogen and oxygen atoms in total. The molecule has 0 N–H and O–H groups in total. The second-order valence-electron chi connectivity index (χ2n) is 3.37. The standard InChI is InChI=1S/C12H16ClNO/c1-3-4-9-15-14-10(2)11-5-7-12(13)8-6-11/h5-8H,3-4,9H2,1-2H3/b14-10+. The first-order valence-corrected chi connectivity index (χ1v) is 5.54. The summed E-state index contributed by atoms with van der Waals surface area (Å²) in [4.78, 5) is 5.18. The molecule has 0 unspecified atom stereocenters. The van der Waals surface area contributed by atoms with Crippen LogP contribution in [-0.4, -0.2) is 12.3 Å². The second-order valence-corrected chi connectivity index (χ2v) is 3.81. The maximum atomic E-state index is 5.79. The number of hydrogen-bond acceptors (Lipinski definition) is 2. The van der Waals surface area contributed by atoms with Crippen LogP contribution in [0.2, 0.25) is 5.02 Å². The van der Waals surface area contributed by atoms with E-state index in [1.807, 2.05) is 31.2 Å². The molecule has 15 heavy (non-hydrogen) atoms. The quantitative estimate of drug-likeness (QED) is 0.423. The predicted molar refractivity (Wildman–Crippen MR) is 64.5 cm³/mol. The van der Waals surface area contributed by atoms with Crippen molar-refractivity contribution in [1.82, 2.24) is 0 Å². The van der Waals surface area contributed by atoms with Gasteiger partial charge in [-0.15, -0.1) is 0 Å². The Bertz CT molecular complexity index is 319. The number of rotatable bonds is 5. The van der Waals surface area contributed by atoms with Crippen molar-refractivity contribution in [1.29, 1.82) is 0 Å². The monoisotopic (exact) mass is 225 g/mol. The molecule has 1 aromatic carbocycles. The normalized spacial score (nSPS) is 11.5. The van der Waals surface area contributed by atoms with Crippen molar-refractivity contribution >= 4 is 17.3 Å². The van der Waals surface area contributed by atoms with Crippen LogP contribution in [-0.2, 0) is 4.84 Å². The zero-order chi connectivity index (χ0) is 11.1. The predicted octanol–water partition coefficient (Wildman–Crippen LogP) is 3.88. The lowest BCUT2D eigenvalue weighted by Crippen LogP contribution is -1.97. The highest BCUT2D eigenvalue weighted by atomic mass is 35.5. The molecule has 0 aliphatic heterocycles. The molecule has 0 aromatic heterocycles. The lowest BCUT2D eigenvalue weighted by molar-refractivity contribution is 0.141. The molecule has 3 heteroatoms. The summed E-state index contributed by atoms with van der Waals surface area (Å²) in [5.74, 6) is 0. The van der Waals surface area contributed by atoms with Gasteiger partial charge in [0.15, 0.2) is 0 Å². The zero-order valence-electron chi connectivity index (χ0n) is 9.16. The molecule has 1 aromatic rings. The highest BCUT2D eigenvalue weighted by Gasteiger charge is 1.97. The molecule has 0 bridgehead atoms. The van der Waals surface area contributed by atoms with E-state index in [4.69, 9.17) is 16.4 Å². The summed E-state index contributed by atoms with van der Waals surface area (Å²) in [5, 5.41) is 4.77. The average molecular weight is 226 g/mol. The Balaban J connectivity index is 2.52. The van der Waals surface area contributed by atoms with Gasteiger partial charge >= 0.3 is 0 Å². The molecule has 0 aliphatic carbocycles. The van der Waals surface area contributed by atoms with Crippen LogP contribution in [0.1, 0.15) is 32.3 Å². The molecule has 0 atom stereocenters. The molecule has 0 aliphatic rings. The van der Waals surface area contributed by atoms with Gasteiger partial charge in [-0.05, 0) is 31.0 Å². The van der Waals surface area contributed by atoms with Crippen LogP contribution in [0, 0.1) is 0 Å². The fourth-order valence-electron chi connectivity index (χ4n) is 1.10. The van der Waals surface area contributed by atoms with Gasteiger partial charge in [-0.3, -0.25) is 0 Å². The summed E-state index contributed by atoms with van der Waals surface area (Å²) in [6, 6.07) is 7.57. The maximum Gasteiger partial charge on any atom is 0.117 e. The van der Waals surface area contributed by atoms with E-state index in [9.17, 15) is 0 Å². The molecular weight excluding hydrogens is 210 g/mol. The molecule has 0 radical (unpaired) electrons. The van der Waals surface area contributed by atoms with Gasteiger partial charge in [0, 0.05) is 5.02 Å². The summed E-state index contributed by atoms with van der Waals surface area (Å²) in [5.41, 5.74) is 1.92. The van der Waals surface area contributed by atoms with E-state index in [0.717, 1.165) is 29.1 Å². The fourth-order valence-corrected chi connectivity index (χ4v) is 1.22. The van der Waals surface area contributed by atoms with Gasteiger partial charge in [0.1, 0.15) is 6.61 Å². The zero-order valence-corrected chi connectivity index (χ0v) is 9.92. The van der Waals surface area contributed by atoms with Gasteiger partial charge in [-0.1, -0.05) is 42.2 Å². The van der Waals surface area contributed by atoms with Crippen LogP contribution in [0.4, 0.5) is 0 Å². The number of halogens is 1. The van der Waals surface area contributed by atoms with Crippen LogP contribution in [0.25, 0.3) is 0 Å². The van der Waals surface area contributed by atoms with Crippen molar-refractivity contribution < 1.29 is 4.84 Å². The molecule has 0 spiro atoms. The maximum absolute atomic E-state index is 5.79. The van der Waals surface area contributed by atoms with Crippen molar-refractivity contribution in [2.75, 3.05) is 6.61 Å². The first-order valence-electron chi connectivity index (χ1n) is 5.16.